The molecule has 0 atom stereocenters. The minimum atomic E-state index is -0.253. The molecule has 1 heterocycles. The Morgan fingerprint density at radius 2 is 1.79 bits per heavy atom. The van der Waals surface area contributed by atoms with E-state index in [1.165, 1.54) is 41.2 Å². The molecule has 3 aromatic rings. The second kappa shape index (κ2) is 15.9. The van der Waals surface area contributed by atoms with Crippen LogP contribution in [0.5, 0.6) is 0 Å². The largest absolute Gasteiger partial charge is 0.372 e. The van der Waals surface area contributed by atoms with Gasteiger partial charge in [0.15, 0.2) is 0 Å². The van der Waals surface area contributed by atoms with Crippen LogP contribution in [0.4, 0.5) is 23.0 Å². The number of rotatable bonds is 15. The quantitative estimate of drug-likeness (QED) is 0.145. The molecule has 3 rings (SSSR count). The molecule has 42 heavy (non-hydrogen) atoms. The highest BCUT2D eigenvalue weighted by atomic mass is 16.1. The summed E-state index contributed by atoms with van der Waals surface area (Å²) in [7, 11) is 6.16. The van der Waals surface area contributed by atoms with Crippen LogP contribution in [0.25, 0.3) is 5.57 Å². The summed E-state index contributed by atoms with van der Waals surface area (Å²) in [5.41, 5.74) is 9.45. The molecule has 0 radical (unpaired) electrons. The van der Waals surface area contributed by atoms with Crippen LogP contribution in [0.1, 0.15) is 68.8 Å². The molecule has 0 unspecified atom stereocenters. The van der Waals surface area contributed by atoms with Crippen molar-refractivity contribution >= 4 is 34.5 Å². The number of hydrogen-bond acceptors (Lipinski definition) is 6. The maximum atomic E-state index is 12.4. The molecule has 7 heteroatoms. The van der Waals surface area contributed by atoms with Crippen molar-refractivity contribution < 1.29 is 4.79 Å². The maximum absolute atomic E-state index is 12.4. The highest BCUT2D eigenvalue weighted by Gasteiger charge is 2.17. The topological polar surface area (TPSA) is 73.4 Å². The van der Waals surface area contributed by atoms with Crippen LogP contribution in [0.15, 0.2) is 66.9 Å². The number of carbonyl (C=O) groups is 1. The number of nitrogens with zero attached hydrogens (tertiary/aromatic N) is 4. The molecule has 0 saturated heterocycles. The molecule has 0 saturated carbocycles. The van der Waals surface area contributed by atoms with E-state index in [0.29, 0.717) is 11.6 Å². The highest BCUT2D eigenvalue weighted by molar-refractivity contribution is 6.02. The van der Waals surface area contributed by atoms with E-state index < -0.39 is 0 Å². The average molecular weight is 569 g/mol. The van der Waals surface area contributed by atoms with Crippen LogP contribution in [0.3, 0.4) is 0 Å². The summed E-state index contributed by atoms with van der Waals surface area (Å²) < 4.78 is 0. The summed E-state index contributed by atoms with van der Waals surface area (Å²) in [6.45, 7) is 14.1. The lowest BCUT2D eigenvalue weighted by atomic mass is 9.91. The molecule has 1 aromatic heterocycles. The number of carbonyl (C=O) groups excluding carboxylic acids is 1. The zero-order valence-corrected chi connectivity index (χ0v) is 26.6. The van der Waals surface area contributed by atoms with Gasteiger partial charge in [-0.2, -0.15) is 0 Å². The van der Waals surface area contributed by atoms with Crippen LogP contribution in [-0.4, -0.2) is 55.0 Å². The molecule has 0 aliphatic rings. The number of allylic oxidation sites excluding steroid dienone is 1. The molecule has 0 bridgehead atoms. The van der Waals surface area contributed by atoms with Gasteiger partial charge in [-0.15, -0.1) is 0 Å². The highest BCUT2D eigenvalue weighted by Crippen LogP contribution is 2.35. The van der Waals surface area contributed by atoms with E-state index in [4.69, 9.17) is 4.98 Å². The van der Waals surface area contributed by atoms with Gasteiger partial charge in [-0.05, 0) is 88.2 Å². The second-order valence-corrected chi connectivity index (χ2v) is 11.1. The summed E-state index contributed by atoms with van der Waals surface area (Å²) in [4.78, 5) is 26.3. The van der Waals surface area contributed by atoms with Gasteiger partial charge >= 0.3 is 0 Å². The molecule has 0 fully saturated rings. The standard InChI is InChI=1S/C35H48N6O/c1-9-12-13-17-26(5)34(28-18-15-14-16-25(28)4)29-19-20-36-35(38-29)39-30-24-31(37-33(42)11-3)32(23-27(30)10-2)41(8)22-21-40(6)7/h11,14-16,18-20,23-24H,3,9-10,12-13,17,21-22H2,1-2,4-8H3,(H,37,42)(H,36,38,39)/b34-26-. The number of unbranched alkanes of at least 4 members (excludes halogenated alkanes) is 2. The minimum absolute atomic E-state index is 0.253. The van der Waals surface area contributed by atoms with Gasteiger partial charge in [-0.1, -0.05) is 63.1 Å². The van der Waals surface area contributed by atoms with Crippen molar-refractivity contribution in [1.82, 2.24) is 14.9 Å². The number of anilines is 4. The first-order valence-corrected chi connectivity index (χ1v) is 15.0. The first kappa shape index (κ1) is 32.5. The first-order chi connectivity index (χ1) is 20.2. The molecule has 224 valence electrons. The second-order valence-electron chi connectivity index (χ2n) is 11.1. The predicted molar refractivity (Wildman–Crippen MR) is 179 cm³/mol. The van der Waals surface area contributed by atoms with Crippen LogP contribution in [0, 0.1) is 6.92 Å². The predicted octanol–water partition coefficient (Wildman–Crippen LogP) is 7.62. The van der Waals surface area contributed by atoms with E-state index in [9.17, 15) is 4.79 Å². The smallest absolute Gasteiger partial charge is 0.247 e. The van der Waals surface area contributed by atoms with Gasteiger partial charge in [0.2, 0.25) is 11.9 Å². The van der Waals surface area contributed by atoms with Crippen molar-refractivity contribution in [3.05, 3.63) is 89.3 Å². The lowest BCUT2D eigenvalue weighted by Crippen LogP contribution is -2.29. The molecular formula is C35H48N6O. The van der Waals surface area contributed by atoms with Gasteiger partial charge in [0, 0.05) is 37.6 Å². The summed E-state index contributed by atoms with van der Waals surface area (Å²) >= 11 is 0. The maximum Gasteiger partial charge on any atom is 0.247 e. The Labute approximate surface area is 252 Å². The van der Waals surface area contributed by atoms with E-state index >= 15 is 0 Å². The van der Waals surface area contributed by atoms with Crippen molar-refractivity contribution in [3.63, 3.8) is 0 Å². The average Bonchev–Trinajstić information content (AvgIpc) is 2.97. The molecular weight excluding hydrogens is 520 g/mol. The third-order valence-corrected chi connectivity index (χ3v) is 7.49. The van der Waals surface area contributed by atoms with Crippen LogP contribution in [0.2, 0.25) is 0 Å². The Morgan fingerprint density at radius 1 is 1.02 bits per heavy atom. The summed E-state index contributed by atoms with van der Waals surface area (Å²) in [6.07, 6.45) is 8.49. The van der Waals surface area contributed by atoms with Gasteiger partial charge < -0.3 is 20.4 Å². The van der Waals surface area contributed by atoms with Crippen LogP contribution in [-0.2, 0) is 11.2 Å². The first-order valence-electron chi connectivity index (χ1n) is 15.0. The molecule has 0 spiro atoms. The number of amides is 1. The van der Waals surface area contributed by atoms with Crippen LogP contribution >= 0.6 is 0 Å². The summed E-state index contributed by atoms with van der Waals surface area (Å²) in [6, 6.07) is 14.6. The fourth-order valence-electron chi connectivity index (χ4n) is 4.99. The lowest BCUT2D eigenvalue weighted by molar-refractivity contribution is -0.111. The Kier molecular flexibility index (Phi) is 12.3. The van der Waals surface area contributed by atoms with Crippen molar-refractivity contribution in [2.75, 3.05) is 49.8 Å². The minimum Gasteiger partial charge on any atom is -0.372 e. The Balaban J connectivity index is 2.05. The Morgan fingerprint density at radius 3 is 2.45 bits per heavy atom. The zero-order valence-electron chi connectivity index (χ0n) is 26.6. The van der Waals surface area contributed by atoms with E-state index in [2.05, 4.69) is 104 Å². The van der Waals surface area contributed by atoms with Gasteiger partial charge in [0.1, 0.15) is 0 Å². The summed E-state index contributed by atoms with van der Waals surface area (Å²) in [5.74, 6) is 0.265. The van der Waals surface area contributed by atoms with E-state index in [1.54, 1.807) is 0 Å². The fraction of sp³-hybridized carbons (Fsp3) is 0.400. The number of benzene rings is 2. The molecule has 2 N–H and O–H groups in total. The van der Waals surface area contributed by atoms with E-state index in [1.807, 2.05) is 25.4 Å². The summed E-state index contributed by atoms with van der Waals surface area (Å²) in [5, 5.41) is 6.48. The number of likely N-dealkylation sites (N-methyl/N-ethyl adjacent to an activating group) is 2. The van der Waals surface area contributed by atoms with Gasteiger partial charge in [-0.3, -0.25) is 4.79 Å². The van der Waals surface area contributed by atoms with Gasteiger partial charge in [-0.25, -0.2) is 9.97 Å². The van der Waals surface area contributed by atoms with Gasteiger partial charge in [0.05, 0.1) is 17.1 Å². The Hall–Kier alpha value is -3.97. The van der Waals surface area contributed by atoms with Crippen molar-refractivity contribution in [2.24, 2.45) is 0 Å². The van der Waals surface area contributed by atoms with Crippen molar-refractivity contribution in [3.8, 4) is 0 Å². The third-order valence-electron chi connectivity index (χ3n) is 7.49. The third kappa shape index (κ3) is 8.76. The fourth-order valence-corrected chi connectivity index (χ4v) is 4.99. The molecule has 0 aliphatic heterocycles. The van der Waals surface area contributed by atoms with E-state index in [0.717, 1.165) is 55.0 Å². The van der Waals surface area contributed by atoms with Gasteiger partial charge in [0.25, 0.3) is 0 Å². The Bertz CT molecular complexity index is 1390. The molecule has 7 nitrogen and oxygen atoms in total. The van der Waals surface area contributed by atoms with E-state index in [-0.39, 0.29) is 5.91 Å². The van der Waals surface area contributed by atoms with Crippen molar-refractivity contribution in [1.29, 1.82) is 0 Å². The van der Waals surface area contributed by atoms with Crippen LogP contribution < -0.4 is 15.5 Å². The zero-order chi connectivity index (χ0) is 30.6. The lowest BCUT2D eigenvalue weighted by Gasteiger charge is -2.26. The van der Waals surface area contributed by atoms with Crippen molar-refractivity contribution in [2.45, 2.75) is 59.8 Å². The monoisotopic (exact) mass is 568 g/mol. The number of aryl methyl sites for hydroxylation is 2. The molecule has 2 aromatic carbocycles. The molecule has 1 amide bonds. The molecule has 0 aliphatic carbocycles. The number of nitrogens with one attached hydrogen (secondary N) is 2. The normalized spacial score (nSPS) is 11.7. The number of hydrogen-bond donors (Lipinski definition) is 2. The number of aromatic nitrogens is 2. The SMILES string of the molecule is C=CC(=O)Nc1cc(Nc2nccc(/C(=C(/C)CCCCC)c3ccccc3C)n2)c(CC)cc1N(C)CCN(C)C.